The molecule has 0 aliphatic carbocycles. The molecular formula is C13H11ClFN3O2. The molecule has 1 amide bonds. The number of nitrogens with zero attached hydrogens (tertiary/aromatic N) is 2. The molecule has 1 heterocycles. The first-order valence-electron chi connectivity index (χ1n) is 5.70. The minimum atomic E-state index is -0.445. The molecule has 0 aliphatic heterocycles. The molecule has 20 heavy (non-hydrogen) atoms. The Morgan fingerprint density at radius 3 is 2.85 bits per heavy atom. The molecule has 0 aliphatic rings. The number of anilines is 1. The van der Waals surface area contributed by atoms with Gasteiger partial charge in [0.2, 0.25) is 17.7 Å². The highest BCUT2D eigenvalue weighted by molar-refractivity contribution is 6.29. The van der Waals surface area contributed by atoms with Gasteiger partial charge in [-0.2, -0.15) is 4.98 Å². The van der Waals surface area contributed by atoms with Crippen molar-refractivity contribution >= 4 is 23.5 Å². The summed E-state index contributed by atoms with van der Waals surface area (Å²) in [7, 11) is 1.42. The van der Waals surface area contributed by atoms with E-state index in [1.807, 2.05) is 0 Å². The van der Waals surface area contributed by atoms with Crippen molar-refractivity contribution in [2.75, 3.05) is 12.4 Å². The van der Waals surface area contributed by atoms with Crippen molar-refractivity contribution in [3.63, 3.8) is 0 Å². The quantitative estimate of drug-likeness (QED) is 0.880. The summed E-state index contributed by atoms with van der Waals surface area (Å²) in [6, 6.07) is 7.45. The fourth-order valence-corrected chi connectivity index (χ4v) is 1.71. The van der Waals surface area contributed by atoms with Crippen LogP contribution in [0.5, 0.6) is 5.88 Å². The van der Waals surface area contributed by atoms with E-state index in [1.54, 1.807) is 12.1 Å². The maximum atomic E-state index is 13.4. The van der Waals surface area contributed by atoms with Gasteiger partial charge in [0.25, 0.3) is 0 Å². The molecule has 0 atom stereocenters. The number of hydrogen-bond acceptors (Lipinski definition) is 4. The monoisotopic (exact) mass is 295 g/mol. The molecule has 0 saturated carbocycles. The number of carbonyl (C=O) groups is 1. The molecule has 1 aromatic carbocycles. The Morgan fingerprint density at radius 2 is 2.15 bits per heavy atom. The molecule has 104 valence electrons. The summed E-state index contributed by atoms with van der Waals surface area (Å²) in [6.07, 6.45) is -0.120. The Balaban J connectivity index is 2.08. The van der Waals surface area contributed by atoms with Gasteiger partial charge in [-0.1, -0.05) is 29.8 Å². The van der Waals surface area contributed by atoms with E-state index in [0.29, 0.717) is 5.56 Å². The maximum Gasteiger partial charge on any atom is 0.234 e. The van der Waals surface area contributed by atoms with E-state index < -0.39 is 11.7 Å². The number of halogens is 2. The van der Waals surface area contributed by atoms with Crippen LogP contribution in [-0.2, 0) is 11.2 Å². The molecule has 1 N–H and O–H groups in total. The Labute approximate surface area is 119 Å². The van der Waals surface area contributed by atoms with Crippen molar-refractivity contribution in [2.24, 2.45) is 0 Å². The van der Waals surface area contributed by atoms with Gasteiger partial charge in [0.05, 0.1) is 13.5 Å². The second-order valence-electron chi connectivity index (χ2n) is 3.87. The fourth-order valence-electron chi connectivity index (χ4n) is 1.54. The van der Waals surface area contributed by atoms with E-state index in [4.69, 9.17) is 16.3 Å². The van der Waals surface area contributed by atoms with Gasteiger partial charge in [-0.3, -0.25) is 10.1 Å². The number of hydrogen-bond donors (Lipinski definition) is 1. The van der Waals surface area contributed by atoms with Crippen LogP contribution in [0.15, 0.2) is 30.3 Å². The van der Waals surface area contributed by atoms with E-state index in [2.05, 4.69) is 15.3 Å². The SMILES string of the molecule is COc1cc(Cl)nc(NC(=O)Cc2ccccc2F)n1. The molecule has 0 saturated heterocycles. The number of methoxy groups -OCH3 is 1. The van der Waals surface area contributed by atoms with Gasteiger partial charge in [0, 0.05) is 6.07 Å². The summed E-state index contributed by atoms with van der Waals surface area (Å²) in [5, 5.41) is 2.58. The number of benzene rings is 1. The molecule has 0 bridgehead atoms. The summed E-state index contributed by atoms with van der Waals surface area (Å²) in [5.74, 6) is -0.645. The van der Waals surface area contributed by atoms with Crippen molar-refractivity contribution in [1.82, 2.24) is 9.97 Å². The van der Waals surface area contributed by atoms with E-state index in [1.165, 1.54) is 25.3 Å². The predicted molar refractivity (Wildman–Crippen MR) is 72.3 cm³/mol. The van der Waals surface area contributed by atoms with E-state index in [9.17, 15) is 9.18 Å². The summed E-state index contributed by atoms with van der Waals surface area (Å²) >= 11 is 5.76. The van der Waals surface area contributed by atoms with Crippen LogP contribution >= 0.6 is 11.6 Å². The maximum absolute atomic E-state index is 13.4. The second kappa shape index (κ2) is 6.29. The molecule has 5 nitrogen and oxygen atoms in total. The zero-order chi connectivity index (χ0) is 14.5. The van der Waals surface area contributed by atoms with E-state index in [0.717, 1.165) is 0 Å². The van der Waals surface area contributed by atoms with Crippen LogP contribution in [0.4, 0.5) is 10.3 Å². The highest BCUT2D eigenvalue weighted by Gasteiger charge is 2.10. The van der Waals surface area contributed by atoms with Gasteiger partial charge in [0.15, 0.2) is 0 Å². The van der Waals surface area contributed by atoms with Crippen LogP contribution < -0.4 is 10.1 Å². The summed E-state index contributed by atoms with van der Waals surface area (Å²) < 4.78 is 18.3. The first-order chi connectivity index (χ1) is 9.58. The lowest BCUT2D eigenvalue weighted by molar-refractivity contribution is -0.115. The van der Waals surface area contributed by atoms with E-state index in [-0.39, 0.29) is 23.4 Å². The Hall–Kier alpha value is -2.21. The van der Waals surface area contributed by atoms with Gasteiger partial charge < -0.3 is 4.74 Å². The van der Waals surface area contributed by atoms with Crippen molar-refractivity contribution in [3.8, 4) is 5.88 Å². The second-order valence-corrected chi connectivity index (χ2v) is 4.26. The Morgan fingerprint density at radius 1 is 1.40 bits per heavy atom. The third-order valence-electron chi connectivity index (χ3n) is 2.44. The third-order valence-corrected chi connectivity index (χ3v) is 2.63. The van der Waals surface area contributed by atoms with Gasteiger partial charge >= 0.3 is 0 Å². The molecule has 7 heteroatoms. The van der Waals surface area contributed by atoms with Gasteiger partial charge in [-0.15, -0.1) is 0 Å². The molecule has 2 rings (SSSR count). The fraction of sp³-hybridized carbons (Fsp3) is 0.154. The predicted octanol–water partition coefficient (Wildman–Crippen LogP) is 2.46. The largest absolute Gasteiger partial charge is 0.481 e. The normalized spacial score (nSPS) is 10.2. The third kappa shape index (κ3) is 3.64. The number of ether oxygens (including phenoxy) is 1. The molecular weight excluding hydrogens is 285 g/mol. The van der Waals surface area contributed by atoms with Crippen LogP contribution in [0.2, 0.25) is 5.15 Å². The Kier molecular flexibility index (Phi) is 4.47. The molecule has 0 spiro atoms. The zero-order valence-electron chi connectivity index (χ0n) is 10.6. The van der Waals surface area contributed by atoms with Crippen molar-refractivity contribution in [3.05, 3.63) is 46.9 Å². The smallest absolute Gasteiger partial charge is 0.234 e. The highest BCUT2D eigenvalue weighted by Crippen LogP contribution is 2.16. The minimum Gasteiger partial charge on any atom is -0.481 e. The topological polar surface area (TPSA) is 64.1 Å². The lowest BCUT2D eigenvalue weighted by atomic mass is 10.1. The van der Waals surface area contributed by atoms with Crippen LogP contribution in [0, 0.1) is 5.82 Å². The van der Waals surface area contributed by atoms with Crippen LogP contribution in [0.1, 0.15) is 5.56 Å². The van der Waals surface area contributed by atoms with Crippen molar-refractivity contribution < 1.29 is 13.9 Å². The van der Waals surface area contributed by atoms with E-state index >= 15 is 0 Å². The average Bonchev–Trinajstić information content (AvgIpc) is 2.40. The molecule has 1 aromatic heterocycles. The number of carbonyl (C=O) groups excluding carboxylic acids is 1. The first kappa shape index (κ1) is 14.2. The van der Waals surface area contributed by atoms with Gasteiger partial charge in [-0.05, 0) is 11.6 Å². The standard InChI is InChI=1S/C13H11ClFN3O2/c1-20-12-7-10(14)16-13(18-12)17-11(19)6-8-4-2-3-5-9(8)15/h2-5,7H,6H2,1H3,(H,16,17,18,19). The number of aromatic nitrogens is 2. The van der Waals surface area contributed by atoms with Crippen LogP contribution in [-0.4, -0.2) is 23.0 Å². The zero-order valence-corrected chi connectivity index (χ0v) is 11.3. The first-order valence-corrected chi connectivity index (χ1v) is 6.08. The Bertz CT molecular complexity index is 637. The molecule has 0 unspecified atom stereocenters. The summed E-state index contributed by atoms with van der Waals surface area (Å²) in [4.78, 5) is 19.6. The molecule has 2 aromatic rings. The minimum absolute atomic E-state index is 0.00990. The van der Waals surface area contributed by atoms with Crippen molar-refractivity contribution in [1.29, 1.82) is 0 Å². The molecule has 0 fully saturated rings. The lowest BCUT2D eigenvalue weighted by Crippen LogP contribution is -2.17. The van der Waals surface area contributed by atoms with Gasteiger partial charge in [-0.25, -0.2) is 9.37 Å². The van der Waals surface area contributed by atoms with Crippen LogP contribution in [0.25, 0.3) is 0 Å². The summed E-state index contributed by atoms with van der Waals surface area (Å²) in [5.41, 5.74) is 0.291. The lowest BCUT2D eigenvalue weighted by Gasteiger charge is -2.06. The average molecular weight is 296 g/mol. The number of nitrogens with one attached hydrogen (secondary N) is 1. The van der Waals surface area contributed by atoms with Gasteiger partial charge in [0.1, 0.15) is 11.0 Å². The molecule has 0 radical (unpaired) electrons. The summed E-state index contributed by atoms with van der Waals surface area (Å²) in [6.45, 7) is 0. The highest BCUT2D eigenvalue weighted by atomic mass is 35.5. The number of rotatable bonds is 4. The van der Waals surface area contributed by atoms with Crippen LogP contribution in [0.3, 0.4) is 0 Å². The number of amides is 1. The van der Waals surface area contributed by atoms with Crippen molar-refractivity contribution in [2.45, 2.75) is 6.42 Å².